The van der Waals surface area contributed by atoms with Gasteiger partial charge in [-0.1, -0.05) is 6.92 Å². The molecule has 1 rings (SSSR count). The summed E-state index contributed by atoms with van der Waals surface area (Å²) in [6.07, 6.45) is 0.970. The number of carbonyl (C=O) groups excluding carboxylic acids is 1. The zero-order valence-electron chi connectivity index (χ0n) is 7.26. The maximum atomic E-state index is 13.0. The zero-order valence-corrected chi connectivity index (χ0v) is 7.26. The Morgan fingerprint density at radius 1 is 1.46 bits per heavy atom. The van der Waals surface area contributed by atoms with Crippen molar-refractivity contribution in [2.24, 2.45) is 5.92 Å². The second-order valence-corrected chi connectivity index (χ2v) is 3.05. The van der Waals surface area contributed by atoms with Crippen LogP contribution in [0.4, 0.5) is 8.78 Å². The number of benzene rings is 1. The fourth-order valence-corrected chi connectivity index (χ4v) is 1.09. The van der Waals surface area contributed by atoms with E-state index in [-0.39, 0.29) is 17.9 Å². The minimum absolute atomic E-state index is 0.243. The molecule has 1 nitrogen and oxygen atoms in total. The smallest absolute Gasteiger partial charge is 0.126 e. The van der Waals surface area contributed by atoms with Crippen LogP contribution in [0.15, 0.2) is 18.2 Å². The average Bonchev–Trinajstić information content (AvgIpc) is 2.11. The van der Waals surface area contributed by atoms with E-state index in [9.17, 15) is 13.6 Å². The van der Waals surface area contributed by atoms with Crippen molar-refractivity contribution in [3.63, 3.8) is 0 Å². The zero-order chi connectivity index (χ0) is 9.84. The molecule has 13 heavy (non-hydrogen) atoms. The van der Waals surface area contributed by atoms with Gasteiger partial charge in [0.15, 0.2) is 0 Å². The predicted molar refractivity (Wildman–Crippen MR) is 45.3 cm³/mol. The SMILES string of the molecule is CC(C=O)Cc1cc(F)ccc1F. The van der Waals surface area contributed by atoms with Crippen LogP contribution in [0, 0.1) is 17.6 Å². The van der Waals surface area contributed by atoms with Crippen LogP contribution in [0.1, 0.15) is 12.5 Å². The van der Waals surface area contributed by atoms with Crippen molar-refractivity contribution < 1.29 is 13.6 Å². The van der Waals surface area contributed by atoms with Gasteiger partial charge in [0.25, 0.3) is 0 Å². The highest BCUT2D eigenvalue weighted by Crippen LogP contribution is 2.13. The van der Waals surface area contributed by atoms with Gasteiger partial charge in [-0.25, -0.2) is 8.78 Å². The molecule has 0 amide bonds. The van der Waals surface area contributed by atoms with Gasteiger partial charge >= 0.3 is 0 Å². The van der Waals surface area contributed by atoms with E-state index in [0.717, 1.165) is 24.5 Å². The molecule has 70 valence electrons. The van der Waals surface area contributed by atoms with Gasteiger partial charge in [-0.05, 0) is 30.2 Å². The molecule has 3 heteroatoms. The van der Waals surface area contributed by atoms with Crippen LogP contribution in [0.25, 0.3) is 0 Å². The van der Waals surface area contributed by atoms with Crippen molar-refractivity contribution >= 4 is 6.29 Å². The normalized spacial score (nSPS) is 12.5. The predicted octanol–water partition coefficient (Wildman–Crippen LogP) is 2.34. The van der Waals surface area contributed by atoms with Crippen molar-refractivity contribution in [2.75, 3.05) is 0 Å². The molecule has 0 radical (unpaired) electrons. The molecule has 1 atom stereocenters. The van der Waals surface area contributed by atoms with E-state index in [1.807, 2.05) is 0 Å². The van der Waals surface area contributed by atoms with Gasteiger partial charge in [-0.2, -0.15) is 0 Å². The molecule has 0 aromatic heterocycles. The lowest BCUT2D eigenvalue weighted by molar-refractivity contribution is -0.110. The van der Waals surface area contributed by atoms with Gasteiger partial charge < -0.3 is 4.79 Å². The van der Waals surface area contributed by atoms with Crippen LogP contribution >= 0.6 is 0 Å². The van der Waals surface area contributed by atoms with Gasteiger partial charge in [0.1, 0.15) is 17.9 Å². The molecule has 1 unspecified atom stereocenters. The second-order valence-electron chi connectivity index (χ2n) is 3.05. The quantitative estimate of drug-likeness (QED) is 0.659. The van der Waals surface area contributed by atoms with E-state index in [1.54, 1.807) is 6.92 Å². The molecule has 0 spiro atoms. The number of aldehydes is 1. The number of hydrogen-bond acceptors (Lipinski definition) is 1. The van der Waals surface area contributed by atoms with E-state index >= 15 is 0 Å². The van der Waals surface area contributed by atoms with E-state index in [0.29, 0.717) is 0 Å². The molecule has 0 saturated heterocycles. The van der Waals surface area contributed by atoms with Crippen molar-refractivity contribution in [3.05, 3.63) is 35.4 Å². The number of carbonyl (C=O) groups is 1. The Bertz CT molecular complexity index is 310. The van der Waals surface area contributed by atoms with Crippen molar-refractivity contribution in [1.29, 1.82) is 0 Å². The Kier molecular flexibility index (Phi) is 3.12. The van der Waals surface area contributed by atoms with Gasteiger partial charge in [0.05, 0.1) is 0 Å². The third kappa shape index (κ3) is 2.61. The average molecular weight is 184 g/mol. The van der Waals surface area contributed by atoms with Gasteiger partial charge in [-0.15, -0.1) is 0 Å². The minimum atomic E-state index is -0.477. The minimum Gasteiger partial charge on any atom is -0.303 e. The summed E-state index contributed by atoms with van der Waals surface area (Å²) in [7, 11) is 0. The third-order valence-corrected chi connectivity index (χ3v) is 1.78. The van der Waals surface area contributed by atoms with Crippen LogP contribution in [0.3, 0.4) is 0 Å². The van der Waals surface area contributed by atoms with E-state index in [1.165, 1.54) is 0 Å². The van der Waals surface area contributed by atoms with Gasteiger partial charge in [0, 0.05) is 5.92 Å². The molecule has 0 fully saturated rings. The summed E-state index contributed by atoms with van der Waals surface area (Å²) in [5.74, 6) is -1.22. The second kappa shape index (κ2) is 4.12. The van der Waals surface area contributed by atoms with Gasteiger partial charge in [0.2, 0.25) is 0 Å². The Morgan fingerprint density at radius 2 is 2.15 bits per heavy atom. The highest BCUT2D eigenvalue weighted by atomic mass is 19.1. The first-order chi connectivity index (χ1) is 6.13. The van der Waals surface area contributed by atoms with Crippen LogP contribution in [-0.2, 0) is 11.2 Å². The lowest BCUT2D eigenvalue weighted by Gasteiger charge is -2.04. The van der Waals surface area contributed by atoms with Crippen LogP contribution in [0.5, 0.6) is 0 Å². The molecule has 1 aromatic carbocycles. The first-order valence-electron chi connectivity index (χ1n) is 4.02. The highest BCUT2D eigenvalue weighted by molar-refractivity contribution is 5.53. The van der Waals surface area contributed by atoms with E-state index < -0.39 is 11.6 Å². The Labute approximate surface area is 75.4 Å². The molecule has 0 aliphatic rings. The van der Waals surface area contributed by atoms with E-state index in [2.05, 4.69) is 0 Å². The lowest BCUT2D eigenvalue weighted by atomic mass is 10.0. The lowest BCUT2D eigenvalue weighted by Crippen LogP contribution is -2.03. The molecular formula is C10H10F2O. The molecule has 0 aliphatic heterocycles. The summed E-state index contributed by atoms with van der Waals surface area (Å²) >= 11 is 0. The Balaban J connectivity index is 2.86. The Morgan fingerprint density at radius 3 is 2.77 bits per heavy atom. The molecular weight excluding hydrogens is 174 g/mol. The summed E-state index contributed by atoms with van der Waals surface area (Å²) < 4.78 is 25.6. The monoisotopic (exact) mass is 184 g/mol. The molecule has 0 N–H and O–H groups in total. The fraction of sp³-hybridized carbons (Fsp3) is 0.300. The summed E-state index contributed by atoms with van der Waals surface area (Å²) in [4.78, 5) is 10.3. The standard InChI is InChI=1S/C10H10F2O/c1-7(6-13)4-8-5-9(11)2-3-10(8)12/h2-3,5-7H,4H2,1H3. The fourth-order valence-electron chi connectivity index (χ4n) is 1.09. The largest absolute Gasteiger partial charge is 0.303 e. The topological polar surface area (TPSA) is 17.1 Å². The summed E-state index contributed by atoms with van der Waals surface area (Å²) in [6, 6.07) is 3.25. The summed E-state index contributed by atoms with van der Waals surface area (Å²) in [6.45, 7) is 1.66. The highest BCUT2D eigenvalue weighted by Gasteiger charge is 2.07. The number of hydrogen-bond donors (Lipinski definition) is 0. The maximum absolute atomic E-state index is 13.0. The molecule has 0 bridgehead atoms. The Hall–Kier alpha value is -1.25. The van der Waals surface area contributed by atoms with Crippen molar-refractivity contribution in [3.8, 4) is 0 Å². The maximum Gasteiger partial charge on any atom is 0.126 e. The van der Waals surface area contributed by atoms with E-state index in [4.69, 9.17) is 0 Å². The first-order valence-corrected chi connectivity index (χ1v) is 4.02. The molecule has 0 heterocycles. The summed E-state index contributed by atoms with van der Waals surface area (Å²) in [5, 5.41) is 0. The summed E-state index contributed by atoms with van der Waals surface area (Å²) in [5.41, 5.74) is 0.250. The number of rotatable bonds is 3. The molecule has 1 aromatic rings. The van der Waals surface area contributed by atoms with Crippen molar-refractivity contribution in [1.82, 2.24) is 0 Å². The van der Waals surface area contributed by atoms with Crippen LogP contribution in [-0.4, -0.2) is 6.29 Å². The molecule has 0 saturated carbocycles. The van der Waals surface area contributed by atoms with Crippen LogP contribution in [0.2, 0.25) is 0 Å². The van der Waals surface area contributed by atoms with Crippen LogP contribution < -0.4 is 0 Å². The van der Waals surface area contributed by atoms with Gasteiger partial charge in [-0.3, -0.25) is 0 Å². The van der Waals surface area contributed by atoms with Crippen molar-refractivity contribution in [2.45, 2.75) is 13.3 Å². The number of halogens is 2. The first kappa shape index (κ1) is 9.84. The molecule has 0 aliphatic carbocycles. The third-order valence-electron chi connectivity index (χ3n) is 1.78.